The molecular weight excluding hydrogens is 290 g/mol. The van der Waals surface area contributed by atoms with Crippen molar-refractivity contribution in [3.05, 3.63) is 0 Å². The molecule has 1 amide bonds. The highest BCUT2D eigenvalue weighted by atomic mass is 16.1. The summed E-state index contributed by atoms with van der Waals surface area (Å²) >= 11 is 0. The van der Waals surface area contributed by atoms with E-state index in [2.05, 4.69) is 34.9 Å². The molecule has 6 nitrogen and oxygen atoms in total. The van der Waals surface area contributed by atoms with Gasteiger partial charge in [0.1, 0.15) is 6.29 Å². The molecule has 0 aromatic rings. The number of primary amides is 1. The maximum absolute atomic E-state index is 11.3. The summed E-state index contributed by atoms with van der Waals surface area (Å²) in [5, 5.41) is 11.3. The number of carbonyl (C=O) groups excluding carboxylic acids is 1. The van der Waals surface area contributed by atoms with Crippen molar-refractivity contribution in [3.8, 4) is 0 Å². The molecular formula is C17H33N5O. The molecule has 0 aromatic carbocycles. The lowest BCUT2D eigenvalue weighted by Gasteiger charge is -2.49. The molecule has 0 bridgehead atoms. The monoisotopic (exact) mass is 323 g/mol. The molecule has 2 saturated carbocycles. The van der Waals surface area contributed by atoms with Crippen molar-refractivity contribution < 1.29 is 4.79 Å². The lowest BCUT2D eigenvalue weighted by atomic mass is 9.80. The second-order valence-electron chi connectivity index (χ2n) is 7.85. The van der Waals surface area contributed by atoms with Gasteiger partial charge < -0.3 is 5.73 Å². The zero-order chi connectivity index (χ0) is 16.4. The summed E-state index contributed by atoms with van der Waals surface area (Å²) in [5.41, 5.74) is 5.43. The summed E-state index contributed by atoms with van der Waals surface area (Å²) < 4.78 is 0. The van der Waals surface area contributed by atoms with Crippen molar-refractivity contribution >= 4 is 5.91 Å². The molecule has 6 heteroatoms. The van der Waals surface area contributed by atoms with Gasteiger partial charge in [0.05, 0.1) is 6.17 Å². The number of amides is 1. The van der Waals surface area contributed by atoms with Gasteiger partial charge in [-0.2, -0.15) is 0 Å². The first kappa shape index (κ1) is 17.1. The number of carbonyl (C=O) groups is 1. The number of hydrogen-bond acceptors (Lipinski definition) is 5. The molecule has 4 atom stereocenters. The average Bonchev–Trinajstić information content (AvgIpc) is 2.54. The summed E-state index contributed by atoms with van der Waals surface area (Å²) in [6, 6.07) is 1.08. The third kappa shape index (κ3) is 4.05. The van der Waals surface area contributed by atoms with Crippen LogP contribution >= 0.6 is 0 Å². The van der Waals surface area contributed by atoms with Gasteiger partial charge >= 0.3 is 0 Å². The fraction of sp³-hybridized carbons (Fsp3) is 0.941. The van der Waals surface area contributed by atoms with E-state index < -0.39 is 0 Å². The highest BCUT2D eigenvalue weighted by molar-refractivity contribution is 5.76. The molecule has 1 aliphatic heterocycles. The second-order valence-corrected chi connectivity index (χ2v) is 7.85. The van der Waals surface area contributed by atoms with Gasteiger partial charge in [0, 0.05) is 23.9 Å². The number of nitrogens with zero attached hydrogens (tertiary/aromatic N) is 1. The molecule has 3 rings (SSSR count). The van der Waals surface area contributed by atoms with E-state index >= 15 is 0 Å². The molecule has 1 heterocycles. The van der Waals surface area contributed by atoms with Crippen LogP contribution in [0.25, 0.3) is 0 Å². The van der Waals surface area contributed by atoms with Gasteiger partial charge in [0.2, 0.25) is 5.91 Å². The van der Waals surface area contributed by atoms with Crippen molar-refractivity contribution in [3.63, 3.8) is 0 Å². The number of hydrogen-bond donors (Lipinski definition) is 4. The quantitative estimate of drug-likeness (QED) is 0.607. The first-order valence-electron chi connectivity index (χ1n) is 9.28. The minimum absolute atomic E-state index is 0.0811. The zero-order valence-corrected chi connectivity index (χ0v) is 14.6. The maximum Gasteiger partial charge on any atom is 0.220 e. The number of fused-ring (bicyclic) bond motifs is 1. The molecule has 3 aliphatic rings. The van der Waals surface area contributed by atoms with Crippen LogP contribution in [0, 0.1) is 11.8 Å². The van der Waals surface area contributed by atoms with E-state index in [4.69, 9.17) is 5.73 Å². The Bertz CT molecular complexity index is 408. The van der Waals surface area contributed by atoms with Gasteiger partial charge in [-0.05, 0) is 52.6 Å². The van der Waals surface area contributed by atoms with Gasteiger partial charge in [0.25, 0.3) is 0 Å². The Hall–Kier alpha value is -0.690. The third-order valence-corrected chi connectivity index (χ3v) is 6.03. The minimum atomic E-state index is -0.130. The van der Waals surface area contributed by atoms with Crippen LogP contribution in [-0.2, 0) is 4.79 Å². The largest absolute Gasteiger partial charge is 0.369 e. The Morgan fingerprint density at radius 3 is 2.39 bits per heavy atom. The van der Waals surface area contributed by atoms with E-state index in [0.717, 1.165) is 25.7 Å². The highest BCUT2D eigenvalue weighted by Crippen LogP contribution is 2.31. The van der Waals surface area contributed by atoms with E-state index in [1.807, 2.05) is 0 Å². The molecule has 0 aromatic heterocycles. The van der Waals surface area contributed by atoms with E-state index in [9.17, 15) is 4.79 Å². The van der Waals surface area contributed by atoms with Gasteiger partial charge in [-0.25, -0.2) is 0 Å². The topological polar surface area (TPSA) is 82.4 Å². The van der Waals surface area contributed by atoms with E-state index in [1.54, 1.807) is 0 Å². The zero-order valence-electron chi connectivity index (χ0n) is 14.6. The molecule has 23 heavy (non-hydrogen) atoms. The molecule has 4 unspecified atom stereocenters. The smallest absolute Gasteiger partial charge is 0.220 e. The van der Waals surface area contributed by atoms with Crippen LogP contribution in [0.2, 0.25) is 0 Å². The van der Waals surface area contributed by atoms with Crippen LogP contribution in [0.15, 0.2) is 0 Å². The molecule has 2 aliphatic carbocycles. The normalized spacial score (nSPS) is 41.5. The van der Waals surface area contributed by atoms with Crippen molar-refractivity contribution in [1.29, 1.82) is 0 Å². The molecule has 0 radical (unpaired) electrons. The van der Waals surface area contributed by atoms with Crippen LogP contribution in [0.3, 0.4) is 0 Å². The Morgan fingerprint density at radius 1 is 1.04 bits per heavy atom. The van der Waals surface area contributed by atoms with Crippen LogP contribution in [0.5, 0.6) is 0 Å². The van der Waals surface area contributed by atoms with E-state index in [1.165, 1.54) is 25.7 Å². The fourth-order valence-electron chi connectivity index (χ4n) is 4.71. The molecule has 5 N–H and O–H groups in total. The Labute approximate surface area is 139 Å². The third-order valence-electron chi connectivity index (χ3n) is 6.03. The Kier molecular flexibility index (Phi) is 5.57. The second kappa shape index (κ2) is 7.47. The molecule has 3 fully saturated rings. The number of rotatable bonds is 4. The maximum atomic E-state index is 11.3. The van der Waals surface area contributed by atoms with Gasteiger partial charge in [-0.1, -0.05) is 12.8 Å². The van der Waals surface area contributed by atoms with Crippen LogP contribution in [0.4, 0.5) is 0 Å². The van der Waals surface area contributed by atoms with Crippen LogP contribution in [0.1, 0.15) is 51.4 Å². The molecule has 132 valence electrons. The predicted octanol–water partition coefficient (Wildman–Crippen LogP) is 0.543. The molecule has 1 saturated heterocycles. The summed E-state index contributed by atoms with van der Waals surface area (Å²) in [5.74, 6) is 0.648. The lowest BCUT2D eigenvalue weighted by molar-refractivity contribution is -0.122. The first-order chi connectivity index (χ1) is 11.0. The number of nitrogens with one attached hydrogen (secondary N) is 3. The lowest BCUT2D eigenvalue weighted by Crippen LogP contribution is -2.72. The SMILES string of the molecule is CN(C)C1NC(NC2CCC(C(N)=O)CC2)NC2CCCCC21. The first-order valence-corrected chi connectivity index (χ1v) is 9.28. The highest BCUT2D eigenvalue weighted by Gasteiger charge is 2.39. The number of nitrogens with two attached hydrogens (primary N) is 1. The van der Waals surface area contributed by atoms with Crippen LogP contribution in [-0.4, -0.2) is 49.4 Å². The van der Waals surface area contributed by atoms with Crippen molar-refractivity contribution in [2.24, 2.45) is 17.6 Å². The minimum Gasteiger partial charge on any atom is -0.369 e. The van der Waals surface area contributed by atoms with Crippen molar-refractivity contribution in [1.82, 2.24) is 20.9 Å². The summed E-state index contributed by atoms with van der Waals surface area (Å²) in [4.78, 5) is 13.6. The Balaban J connectivity index is 1.55. The average molecular weight is 323 g/mol. The van der Waals surface area contributed by atoms with Gasteiger partial charge in [-0.3, -0.25) is 25.6 Å². The van der Waals surface area contributed by atoms with Crippen LogP contribution < -0.4 is 21.7 Å². The Morgan fingerprint density at radius 2 is 1.74 bits per heavy atom. The van der Waals surface area contributed by atoms with Crippen molar-refractivity contribution in [2.45, 2.75) is 75.9 Å². The summed E-state index contributed by atoms with van der Waals surface area (Å²) in [6.45, 7) is 0. The standard InChI is InChI=1S/C17H33N5O/c1-22(2)16-13-5-3-4-6-14(13)20-17(21-16)19-12-9-7-11(8-10-12)15(18)23/h11-14,16-17,19-21H,3-10H2,1-2H3,(H2,18,23). The summed E-state index contributed by atoms with van der Waals surface area (Å²) in [6.07, 6.45) is 9.79. The van der Waals surface area contributed by atoms with Crippen molar-refractivity contribution in [2.75, 3.05) is 14.1 Å². The molecule has 0 spiro atoms. The van der Waals surface area contributed by atoms with E-state index in [-0.39, 0.29) is 18.1 Å². The predicted molar refractivity (Wildman–Crippen MR) is 91.4 cm³/mol. The van der Waals surface area contributed by atoms with E-state index in [0.29, 0.717) is 24.2 Å². The van der Waals surface area contributed by atoms with Gasteiger partial charge in [0.15, 0.2) is 0 Å². The fourth-order valence-corrected chi connectivity index (χ4v) is 4.71. The van der Waals surface area contributed by atoms with Gasteiger partial charge in [-0.15, -0.1) is 0 Å². The summed E-state index contributed by atoms with van der Waals surface area (Å²) in [7, 11) is 4.34.